The molecule has 3 aromatic rings. The summed E-state index contributed by atoms with van der Waals surface area (Å²) in [6.07, 6.45) is 6.10. The lowest BCUT2D eigenvalue weighted by atomic mass is 10.2. The number of anilines is 3. The first-order chi connectivity index (χ1) is 12.6. The molecule has 0 spiro atoms. The summed E-state index contributed by atoms with van der Waals surface area (Å²) < 4.78 is 0. The van der Waals surface area contributed by atoms with Crippen molar-refractivity contribution in [1.29, 1.82) is 0 Å². The molecule has 132 valence electrons. The van der Waals surface area contributed by atoms with Crippen LogP contribution < -0.4 is 10.2 Å². The normalized spacial score (nSPS) is 10.3. The van der Waals surface area contributed by atoms with Crippen molar-refractivity contribution in [3.05, 3.63) is 72.2 Å². The first kappa shape index (κ1) is 17.3. The molecule has 0 bridgehead atoms. The van der Waals surface area contributed by atoms with E-state index in [1.165, 1.54) is 5.56 Å². The molecule has 2 N–H and O–H groups in total. The lowest BCUT2D eigenvalue weighted by Gasteiger charge is -2.17. The van der Waals surface area contributed by atoms with Gasteiger partial charge < -0.3 is 15.3 Å². The lowest BCUT2D eigenvalue weighted by molar-refractivity contribution is 0.0697. The third-order valence-corrected chi connectivity index (χ3v) is 3.85. The lowest BCUT2D eigenvalue weighted by Crippen LogP contribution is -2.22. The van der Waals surface area contributed by atoms with Crippen LogP contribution in [-0.4, -0.2) is 39.6 Å². The fourth-order valence-corrected chi connectivity index (χ4v) is 2.43. The first-order valence-corrected chi connectivity index (χ1v) is 8.15. The smallest absolute Gasteiger partial charge is 0.335 e. The summed E-state index contributed by atoms with van der Waals surface area (Å²) in [5, 5.41) is 12.2. The Kier molecular flexibility index (Phi) is 5.38. The van der Waals surface area contributed by atoms with E-state index in [0.717, 1.165) is 13.0 Å². The zero-order chi connectivity index (χ0) is 18.4. The van der Waals surface area contributed by atoms with Crippen LogP contribution in [-0.2, 0) is 6.42 Å². The van der Waals surface area contributed by atoms with E-state index in [9.17, 15) is 4.79 Å². The number of aromatic carboxylic acids is 1. The highest BCUT2D eigenvalue weighted by Crippen LogP contribution is 2.18. The van der Waals surface area contributed by atoms with Crippen LogP contribution >= 0.6 is 0 Å². The van der Waals surface area contributed by atoms with Gasteiger partial charge in [-0.25, -0.2) is 9.78 Å². The van der Waals surface area contributed by atoms with Gasteiger partial charge in [0.1, 0.15) is 5.82 Å². The van der Waals surface area contributed by atoms with Gasteiger partial charge in [0.25, 0.3) is 0 Å². The SMILES string of the molecule is CN(CCc1ccncc1)c1nccc(Nc2cccc(C(=O)O)c2)n1. The van der Waals surface area contributed by atoms with Crippen LogP contribution in [0.3, 0.4) is 0 Å². The van der Waals surface area contributed by atoms with Gasteiger partial charge in [-0.1, -0.05) is 6.07 Å². The van der Waals surface area contributed by atoms with Crippen LogP contribution in [0.2, 0.25) is 0 Å². The van der Waals surface area contributed by atoms with Crippen LogP contribution in [0.1, 0.15) is 15.9 Å². The number of hydrogen-bond acceptors (Lipinski definition) is 6. The van der Waals surface area contributed by atoms with Crippen molar-refractivity contribution in [3.63, 3.8) is 0 Å². The molecular weight excluding hydrogens is 330 g/mol. The standard InChI is InChI=1S/C19H19N5O2/c1-24(12-8-14-5-9-20-10-6-14)19-21-11-7-17(23-19)22-16-4-2-3-15(13-16)18(25)26/h2-7,9-11,13H,8,12H2,1H3,(H,25,26)(H,21,22,23). The van der Waals surface area contributed by atoms with Crippen LogP contribution in [0.4, 0.5) is 17.5 Å². The summed E-state index contributed by atoms with van der Waals surface area (Å²) in [6, 6.07) is 12.3. The Morgan fingerprint density at radius 1 is 1.15 bits per heavy atom. The van der Waals surface area contributed by atoms with E-state index in [-0.39, 0.29) is 5.56 Å². The van der Waals surface area contributed by atoms with Gasteiger partial charge in [0.15, 0.2) is 0 Å². The summed E-state index contributed by atoms with van der Waals surface area (Å²) in [5.74, 6) is 0.236. The van der Waals surface area contributed by atoms with E-state index in [2.05, 4.69) is 20.3 Å². The molecule has 0 unspecified atom stereocenters. The number of carbonyl (C=O) groups is 1. The maximum absolute atomic E-state index is 11.1. The average molecular weight is 349 g/mol. The van der Waals surface area contributed by atoms with Gasteiger partial charge in [0.2, 0.25) is 5.95 Å². The minimum absolute atomic E-state index is 0.221. The molecule has 0 aliphatic carbocycles. The van der Waals surface area contributed by atoms with Crippen LogP contribution in [0.15, 0.2) is 61.1 Å². The van der Waals surface area contributed by atoms with E-state index in [1.807, 2.05) is 24.1 Å². The minimum atomic E-state index is -0.965. The van der Waals surface area contributed by atoms with Gasteiger partial charge in [-0.05, 0) is 48.4 Å². The van der Waals surface area contributed by atoms with Crippen molar-refractivity contribution in [2.75, 3.05) is 23.8 Å². The molecule has 0 saturated carbocycles. The molecule has 0 fully saturated rings. The van der Waals surface area contributed by atoms with Gasteiger partial charge in [0, 0.05) is 37.9 Å². The summed E-state index contributed by atoms with van der Waals surface area (Å²) in [6.45, 7) is 0.766. The highest BCUT2D eigenvalue weighted by Gasteiger charge is 2.07. The molecule has 0 amide bonds. The van der Waals surface area contributed by atoms with E-state index >= 15 is 0 Å². The Balaban J connectivity index is 1.67. The van der Waals surface area contributed by atoms with Crippen molar-refractivity contribution in [3.8, 4) is 0 Å². The Morgan fingerprint density at radius 3 is 2.73 bits per heavy atom. The third kappa shape index (κ3) is 4.54. The molecule has 0 saturated heterocycles. The van der Waals surface area contributed by atoms with Crippen molar-refractivity contribution >= 4 is 23.4 Å². The number of pyridine rings is 1. The van der Waals surface area contributed by atoms with Crippen molar-refractivity contribution < 1.29 is 9.90 Å². The van der Waals surface area contributed by atoms with Gasteiger partial charge in [-0.3, -0.25) is 4.98 Å². The maximum atomic E-state index is 11.1. The number of carboxylic acid groups (broad SMARTS) is 1. The monoisotopic (exact) mass is 349 g/mol. The molecule has 0 aliphatic rings. The fraction of sp³-hybridized carbons (Fsp3) is 0.158. The first-order valence-electron chi connectivity index (χ1n) is 8.15. The Bertz CT molecular complexity index is 886. The van der Waals surface area contributed by atoms with Crippen molar-refractivity contribution in [1.82, 2.24) is 15.0 Å². The largest absolute Gasteiger partial charge is 0.478 e. The van der Waals surface area contributed by atoms with Gasteiger partial charge in [-0.15, -0.1) is 0 Å². The quantitative estimate of drug-likeness (QED) is 0.677. The predicted molar refractivity (Wildman–Crippen MR) is 99.9 cm³/mol. The summed E-state index contributed by atoms with van der Waals surface area (Å²) in [4.78, 5) is 25.9. The Hall–Kier alpha value is -3.48. The topological polar surface area (TPSA) is 91.2 Å². The van der Waals surface area contributed by atoms with Gasteiger partial charge in [-0.2, -0.15) is 4.98 Å². The number of likely N-dealkylation sites (N-methyl/N-ethyl adjacent to an activating group) is 1. The van der Waals surface area contributed by atoms with Gasteiger partial charge in [0.05, 0.1) is 5.56 Å². The van der Waals surface area contributed by atoms with E-state index in [0.29, 0.717) is 17.5 Å². The number of nitrogens with one attached hydrogen (secondary N) is 1. The number of aromatic nitrogens is 3. The second-order valence-corrected chi connectivity index (χ2v) is 5.78. The molecule has 2 heterocycles. The summed E-state index contributed by atoms with van der Waals surface area (Å²) in [7, 11) is 1.94. The number of rotatable bonds is 7. The van der Waals surface area contributed by atoms with E-state index in [4.69, 9.17) is 5.11 Å². The van der Waals surface area contributed by atoms with Gasteiger partial charge >= 0.3 is 5.97 Å². The predicted octanol–water partition coefficient (Wildman–Crippen LogP) is 2.99. The molecule has 0 radical (unpaired) electrons. The zero-order valence-electron chi connectivity index (χ0n) is 14.3. The minimum Gasteiger partial charge on any atom is -0.478 e. The highest BCUT2D eigenvalue weighted by molar-refractivity contribution is 5.89. The maximum Gasteiger partial charge on any atom is 0.335 e. The molecule has 26 heavy (non-hydrogen) atoms. The van der Waals surface area contributed by atoms with Crippen LogP contribution in [0.5, 0.6) is 0 Å². The van der Waals surface area contributed by atoms with Crippen molar-refractivity contribution in [2.24, 2.45) is 0 Å². The average Bonchev–Trinajstić information content (AvgIpc) is 2.67. The third-order valence-electron chi connectivity index (χ3n) is 3.85. The molecule has 1 aromatic carbocycles. The van der Waals surface area contributed by atoms with Crippen LogP contribution in [0.25, 0.3) is 0 Å². The zero-order valence-corrected chi connectivity index (χ0v) is 14.3. The van der Waals surface area contributed by atoms with E-state index < -0.39 is 5.97 Å². The molecule has 7 heteroatoms. The molecule has 0 atom stereocenters. The molecule has 7 nitrogen and oxygen atoms in total. The van der Waals surface area contributed by atoms with E-state index in [1.54, 1.807) is 48.9 Å². The molecule has 3 rings (SSSR count). The number of carboxylic acids is 1. The summed E-state index contributed by atoms with van der Waals surface area (Å²) >= 11 is 0. The number of nitrogens with zero attached hydrogens (tertiary/aromatic N) is 4. The van der Waals surface area contributed by atoms with Crippen LogP contribution in [0, 0.1) is 0 Å². The highest BCUT2D eigenvalue weighted by atomic mass is 16.4. The second-order valence-electron chi connectivity index (χ2n) is 5.78. The van der Waals surface area contributed by atoms with Crippen molar-refractivity contribution in [2.45, 2.75) is 6.42 Å². The Labute approximate surface area is 151 Å². The second kappa shape index (κ2) is 8.06. The molecule has 2 aromatic heterocycles. The molecule has 0 aliphatic heterocycles. The fourth-order valence-electron chi connectivity index (χ4n) is 2.43. The number of benzene rings is 1. The Morgan fingerprint density at radius 2 is 1.96 bits per heavy atom. The molecular formula is C19H19N5O2. The number of hydrogen-bond donors (Lipinski definition) is 2. The summed E-state index contributed by atoms with van der Waals surface area (Å²) in [5.41, 5.74) is 2.08.